The standard InChI is InChI=1S/C10H18N2O3S/c1-4-8-7-9(8)10(13)11-16(14,15)12(5-2)6-3/h4,8-9H,1,5-7H2,2-3H3,(H,11,13)/t8-,9+/m1/s1. The van der Waals surface area contributed by atoms with Crippen LogP contribution in [0.15, 0.2) is 12.7 Å². The molecule has 0 aromatic carbocycles. The zero-order chi connectivity index (χ0) is 12.3. The van der Waals surface area contributed by atoms with Gasteiger partial charge in [0, 0.05) is 19.0 Å². The van der Waals surface area contributed by atoms with E-state index in [1.165, 1.54) is 4.31 Å². The van der Waals surface area contributed by atoms with E-state index in [4.69, 9.17) is 0 Å². The van der Waals surface area contributed by atoms with E-state index in [0.717, 1.165) is 0 Å². The minimum atomic E-state index is -3.66. The van der Waals surface area contributed by atoms with Gasteiger partial charge in [0.15, 0.2) is 0 Å². The van der Waals surface area contributed by atoms with E-state index in [1.54, 1.807) is 19.9 Å². The van der Waals surface area contributed by atoms with Crippen molar-refractivity contribution in [1.82, 2.24) is 9.03 Å². The maximum absolute atomic E-state index is 11.7. The Hall–Kier alpha value is -0.880. The average Bonchev–Trinajstić information content (AvgIpc) is 2.97. The molecule has 1 rings (SSSR count). The summed E-state index contributed by atoms with van der Waals surface area (Å²) in [6, 6.07) is 0. The normalized spacial score (nSPS) is 24.2. The lowest BCUT2D eigenvalue weighted by molar-refractivity contribution is -0.120. The van der Waals surface area contributed by atoms with Gasteiger partial charge in [-0.15, -0.1) is 6.58 Å². The van der Waals surface area contributed by atoms with Crippen molar-refractivity contribution in [2.75, 3.05) is 13.1 Å². The molecule has 0 unspecified atom stereocenters. The molecule has 5 nitrogen and oxygen atoms in total. The SMILES string of the molecule is C=C[C@@H]1C[C@@H]1C(=O)NS(=O)(=O)N(CC)CC. The number of nitrogens with zero attached hydrogens (tertiary/aromatic N) is 1. The van der Waals surface area contributed by atoms with Crippen LogP contribution >= 0.6 is 0 Å². The Morgan fingerprint density at radius 1 is 1.50 bits per heavy atom. The van der Waals surface area contributed by atoms with Crippen molar-refractivity contribution < 1.29 is 13.2 Å². The summed E-state index contributed by atoms with van der Waals surface area (Å²) in [5, 5.41) is 0. The zero-order valence-electron chi connectivity index (χ0n) is 9.64. The predicted octanol–water partition coefficient (Wildman–Crippen LogP) is 0.511. The van der Waals surface area contributed by atoms with Crippen molar-refractivity contribution in [3.63, 3.8) is 0 Å². The molecular formula is C10H18N2O3S. The Morgan fingerprint density at radius 3 is 2.44 bits per heavy atom. The van der Waals surface area contributed by atoms with Crippen LogP contribution < -0.4 is 4.72 Å². The predicted molar refractivity (Wildman–Crippen MR) is 61.8 cm³/mol. The molecule has 0 aliphatic heterocycles. The van der Waals surface area contributed by atoms with E-state index < -0.39 is 16.1 Å². The van der Waals surface area contributed by atoms with E-state index in [-0.39, 0.29) is 11.8 Å². The number of rotatable bonds is 6. The zero-order valence-corrected chi connectivity index (χ0v) is 10.5. The summed E-state index contributed by atoms with van der Waals surface area (Å²) in [5.41, 5.74) is 0. The summed E-state index contributed by atoms with van der Waals surface area (Å²) in [5.74, 6) is -0.508. The minimum absolute atomic E-state index is 0.131. The van der Waals surface area contributed by atoms with Crippen LogP contribution in [0.25, 0.3) is 0 Å². The highest BCUT2D eigenvalue weighted by molar-refractivity contribution is 7.87. The summed E-state index contributed by atoms with van der Waals surface area (Å²) in [7, 11) is -3.66. The third-order valence-corrected chi connectivity index (χ3v) is 4.41. The van der Waals surface area contributed by atoms with Gasteiger partial charge in [-0.25, -0.2) is 4.72 Å². The molecule has 0 aromatic heterocycles. The number of amides is 1. The molecule has 1 aliphatic carbocycles. The molecule has 0 radical (unpaired) electrons. The van der Waals surface area contributed by atoms with Gasteiger partial charge in [-0.3, -0.25) is 4.79 Å². The Labute approximate surface area is 96.7 Å². The molecule has 1 N–H and O–H groups in total. The summed E-state index contributed by atoms with van der Waals surface area (Å²) in [6.07, 6.45) is 2.39. The molecule has 0 aromatic rings. The van der Waals surface area contributed by atoms with E-state index in [0.29, 0.717) is 19.5 Å². The molecule has 1 fully saturated rings. The second kappa shape index (κ2) is 4.97. The fraction of sp³-hybridized carbons (Fsp3) is 0.700. The van der Waals surface area contributed by atoms with Crippen LogP contribution in [0.3, 0.4) is 0 Å². The second-order valence-corrected chi connectivity index (χ2v) is 5.47. The molecule has 0 spiro atoms. The lowest BCUT2D eigenvalue weighted by Gasteiger charge is -2.18. The van der Waals surface area contributed by atoms with Gasteiger partial charge in [0.2, 0.25) is 5.91 Å². The molecule has 2 atom stereocenters. The van der Waals surface area contributed by atoms with Gasteiger partial charge in [-0.1, -0.05) is 19.9 Å². The fourth-order valence-electron chi connectivity index (χ4n) is 1.61. The van der Waals surface area contributed by atoms with Crippen LogP contribution in [0, 0.1) is 11.8 Å². The number of hydrogen-bond acceptors (Lipinski definition) is 3. The summed E-state index contributed by atoms with van der Waals surface area (Å²) >= 11 is 0. The van der Waals surface area contributed by atoms with E-state index in [9.17, 15) is 13.2 Å². The highest BCUT2D eigenvalue weighted by Crippen LogP contribution is 2.39. The van der Waals surface area contributed by atoms with Crippen molar-refractivity contribution in [2.45, 2.75) is 20.3 Å². The molecule has 1 aliphatic rings. The molecule has 1 saturated carbocycles. The van der Waals surface area contributed by atoms with Gasteiger partial charge in [-0.05, 0) is 12.3 Å². The van der Waals surface area contributed by atoms with Gasteiger partial charge >= 0.3 is 10.2 Å². The largest absolute Gasteiger partial charge is 0.303 e. The monoisotopic (exact) mass is 246 g/mol. The topological polar surface area (TPSA) is 66.5 Å². The lowest BCUT2D eigenvalue weighted by atomic mass is 10.3. The third-order valence-electron chi connectivity index (χ3n) is 2.75. The minimum Gasteiger partial charge on any atom is -0.274 e. The second-order valence-electron chi connectivity index (χ2n) is 3.80. The smallest absolute Gasteiger partial charge is 0.274 e. The molecule has 6 heteroatoms. The van der Waals surface area contributed by atoms with Crippen molar-refractivity contribution >= 4 is 16.1 Å². The number of carbonyl (C=O) groups is 1. The van der Waals surface area contributed by atoms with E-state index in [2.05, 4.69) is 11.3 Å². The first-order valence-electron chi connectivity index (χ1n) is 5.40. The molecule has 0 bridgehead atoms. The van der Waals surface area contributed by atoms with Crippen molar-refractivity contribution in [1.29, 1.82) is 0 Å². The Bertz CT molecular complexity index is 374. The summed E-state index contributed by atoms with van der Waals surface area (Å²) in [4.78, 5) is 11.6. The summed E-state index contributed by atoms with van der Waals surface area (Å²) < 4.78 is 26.7. The third kappa shape index (κ3) is 2.82. The quantitative estimate of drug-likeness (QED) is 0.694. The van der Waals surface area contributed by atoms with Crippen LogP contribution in [0.1, 0.15) is 20.3 Å². The van der Waals surface area contributed by atoms with Crippen LogP contribution in [-0.4, -0.2) is 31.7 Å². The number of nitrogens with one attached hydrogen (secondary N) is 1. The van der Waals surface area contributed by atoms with Gasteiger partial charge < -0.3 is 0 Å². The summed E-state index contributed by atoms with van der Waals surface area (Å²) in [6.45, 7) is 7.76. The molecule has 92 valence electrons. The van der Waals surface area contributed by atoms with E-state index >= 15 is 0 Å². The van der Waals surface area contributed by atoms with E-state index in [1.807, 2.05) is 0 Å². The maximum atomic E-state index is 11.7. The number of hydrogen-bond donors (Lipinski definition) is 1. The molecule has 0 saturated heterocycles. The molecule has 16 heavy (non-hydrogen) atoms. The Kier molecular flexibility index (Phi) is 4.09. The first kappa shape index (κ1) is 13.2. The highest BCUT2D eigenvalue weighted by Gasteiger charge is 2.42. The Morgan fingerprint density at radius 2 is 2.06 bits per heavy atom. The van der Waals surface area contributed by atoms with Crippen molar-refractivity contribution in [3.8, 4) is 0 Å². The highest BCUT2D eigenvalue weighted by atomic mass is 32.2. The molecule has 0 heterocycles. The average molecular weight is 246 g/mol. The van der Waals surface area contributed by atoms with Crippen molar-refractivity contribution in [2.24, 2.45) is 11.8 Å². The van der Waals surface area contributed by atoms with Gasteiger partial charge in [0.05, 0.1) is 0 Å². The van der Waals surface area contributed by atoms with Crippen LogP contribution in [0.2, 0.25) is 0 Å². The first-order chi connectivity index (χ1) is 7.46. The van der Waals surface area contributed by atoms with Gasteiger partial charge in [0.1, 0.15) is 0 Å². The number of carbonyl (C=O) groups excluding carboxylic acids is 1. The number of allylic oxidation sites excluding steroid dienone is 1. The van der Waals surface area contributed by atoms with Crippen molar-refractivity contribution in [3.05, 3.63) is 12.7 Å². The van der Waals surface area contributed by atoms with Crippen LogP contribution in [0.5, 0.6) is 0 Å². The fourth-order valence-corrected chi connectivity index (χ4v) is 2.82. The molecule has 1 amide bonds. The van der Waals surface area contributed by atoms with Crippen LogP contribution in [0.4, 0.5) is 0 Å². The maximum Gasteiger partial charge on any atom is 0.303 e. The molecular weight excluding hydrogens is 228 g/mol. The lowest BCUT2D eigenvalue weighted by Crippen LogP contribution is -2.44. The van der Waals surface area contributed by atoms with Crippen LogP contribution in [-0.2, 0) is 15.0 Å². The first-order valence-corrected chi connectivity index (χ1v) is 6.84. The Balaban J connectivity index is 2.60. The van der Waals surface area contributed by atoms with Gasteiger partial charge in [0.25, 0.3) is 0 Å². The van der Waals surface area contributed by atoms with Gasteiger partial charge in [-0.2, -0.15) is 12.7 Å².